The molecule has 2 bridgehead atoms. The number of thiophene rings is 1. The Morgan fingerprint density at radius 2 is 1.97 bits per heavy atom. The van der Waals surface area contributed by atoms with Gasteiger partial charge in [0.2, 0.25) is 0 Å². The number of fused-ring (bicyclic) bond motifs is 3. The van der Waals surface area contributed by atoms with Gasteiger partial charge in [-0.3, -0.25) is 9.78 Å². The first kappa shape index (κ1) is 19.2. The molecule has 0 aliphatic heterocycles. The molecular weight excluding hydrogens is 394 g/mol. The maximum atomic E-state index is 13.2. The smallest absolute Gasteiger partial charge is 0.264 e. The van der Waals surface area contributed by atoms with Crippen LogP contribution in [0.2, 0.25) is 0 Å². The van der Waals surface area contributed by atoms with Crippen molar-refractivity contribution in [3.05, 3.63) is 59.0 Å². The SMILES string of the molecule is Cc1c(C(=O)N(C)Cc2ccncc2)sc2ncnc(N(C)C3CC4C=CC3C4)c12. The molecule has 2 aliphatic carbocycles. The number of pyridine rings is 1. The minimum atomic E-state index is 0.0174. The summed E-state index contributed by atoms with van der Waals surface area (Å²) in [4.78, 5) is 32.1. The van der Waals surface area contributed by atoms with Crippen molar-refractivity contribution < 1.29 is 4.79 Å². The summed E-state index contributed by atoms with van der Waals surface area (Å²) in [6, 6.07) is 4.33. The number of hydrogen-bond donors (Lipinski definition) is 0. The van der Waals surface area contributed by atoms with E-state index in [1.807, 2.05) is 26.1 Å². The summed E-state index contributed by atoms with van der Waals surface area (Å²) in [5.74, 6) is 2.25. The average molecular weight is 420 g/mol. The maximum Gasteiger partial charge on any atom is 0.264 e. The normalized spacial score (nSPS) is 22.0. The molecule has 1 fully saturated rings. The van der Waals surface area contributed by atoms with Crippen molar-refractivity contribution >= 4 is 33.3 Å². The zero-order valence-electron chi connectivity index (χ0n) is 17.4. The Labute approximate surface area is 180 Å². The van der Waals surface area contributed by atoms with Gasteiger partial charge in [-0.25, -0.2) is 9.97 Å². The lowest BCUT2D eigenvalue weighted by molar-refractivity contribution is 0.0789. The van der Waals surface area contributed by atoms with Crippen molar-refractivity contribution in [3.63, 3.8) is 0 Å². The van der Waals surface area contributed by atoms with Gasteiger partial charge in [0, 0.05) is 39.1 Å². The third kappa shape index (κ3) is 3.17. The Balaban J connectivity index is 1.46. The fraction of sp³-hybridized carbons (Fsp3) is 0.391. The molecule has 3 heterocycles. The third-order valence-electron chi connectivity index (χ3n) is 6.49. The molecule has 3 atom stereocenters. The van der Waals surface area contributed by atoms with Crippen LogP contribution >= 0.6 is 11.3 Å². The first-order valence-corrected chi connectivity index (χ1v) is 11.1. The molecule has 3 aromatic rings. The van der Waals surface area contributed by atoms with Crippen LogP contribution in [0.4, 0.5) is 5.82 Å². The highest BCUT2D eigenvalue weighted by Gasteiger charge is 2.39. The van der Waals surface area contributed by atoms with E-state index in [1.54, 1.807) is 23.6 Å². The number of carbonyl (C=O) groups excluding carboxylic acids is 1. The van der Waals surface area contributed by atoms with Crippen LogP contribution in [-0.2, 0) is 6.54 Å². The number of nitrogens with zero attached hydrogens (tertiary/aromatic N) is 5. The Kier molecular flexibility index (Phi) is 4.77. The maximum absolute atomic E-state index is 13.2. The summed E-state index contributed by atoms with van der Waals surface area (Å²) in [5, 5.41) is 1.01. The molecule has 0 saturated heterocycles. The second kappa shape index (κ2) is 7.47. The fourth-order valence-electron chi connectivity index (χ4n) is 4.89. The third-order valence-corrected chi connectivity index (χ3v) is 7.68. The summed E-state index contributed by atoms with van der Waals surface area (Å²) in [6.45, 7) is 2.57. The van der Waals surface area contributed by atoms with Gasteiger partial charge >= 0.3 is 0 Å². The Hall–Kier alpha value is -2.80. The van der Waals surface area contributed by atoms with Gasteiger partial charge in [0.1, 0.15) is 17.0 Å². The van der Waals surface area contributed by atoms with Gasteiger partial charge in [0.25, 0.3) is 5.91 Å². The van der Waals surface area contributed by atoms with Crippen LogP contribution in [0.15, 0.2) is 43.0 Å². The summed E-state index contributed by atoms with van der Waals surface area (Å²) in [5.41, 5.74) is 2.03. The number of amides is 1. The molecule has 7 heteroatoms. The van der Waals surface area contributed by atoms with E-state index in [0.29, 0.717) is 24.4 Å². The van der Waals surface area contributed by atoms with Gasteiger partial charge in [-0.15, -0.1) is 11.3 Å². The van der Waals surface area contributed by atoms with Crippen molar-refractivity contribution in [2.75, 3.05) is 19.0 Å². The monoisotopic (exact) mass is 419 g/mol. The predicted octanol–water partition coefficient (Wildman–Crippen LogP) is 4.07. The lowest BCUT2D eigenvalue weighted by atomic mass is 10.00. The molecule has 30 heavy (non-hydrogen) atoms. The Morgan fingerprint density at radius 1 is 1.17 bits per heavy atom. The lowest BCUT2D eigenvalue weighted by Crippen LogP contribution is -2.35. The zero-order chi connectivity index (χ0) is 20.8. The van der Waals surface area contributed by atoms with E-state index in [4.69, 9.17) is 0 Å². The quantitative estimate of drug-likeness (QED) is 0.584. The number of aromatic nitrogens is 3. The molecule has 0 N–H and O–H groups in total. The van der Waals surface area contributed by atoms with Crippen molar-refractivity contribution in [1.29, 1.82) is 0 Å². The molecule has 6 nitrogen and oxygen atoms in total. The molecule has 0 spiro atoms. The van der Waals surface area contributed by atoms with Crippen LogP contribution in [0, 0.1) is 18.8 Å². The molecule has 5 rings (SSSR count). The number of aryl methyl sites for hydroxylation is 1. The Bertz CT molecular complexity index is 1130. The number of hydrogen-bond acceptors (Lipinski definition) is 6. The Morgan fingerprint density at radius 3 is 2.67 bits per heavy atom. The number of rotatable bonds is 5. The highest BCUT2D eigenvalue weighted by molar-refractivity contribution is 7.20. The topological polar surface area (TPSA) is 62.2 Å². The van der Waals surface area contributed by atoms with Gasteiger partial charge in [-0.1, -0.05) is 12.2 Å². The molecule has 0 radical (unpaired) electrons. The summed E-state index contributed by atoms with van der Waals surface area (Å²) in [7, 11) is 3.97. The van der Waals surface area contributed by atoms with Gasteiger partial charge in [-0.2, -0.15) is 0 Å². The van der Waals surface area contributed by atoms with E-state index < -0.39 is 0 Å². The van der Waals surface area contributed by atoms with Gasteiger partial charge < -0.3 is 9.80 Å². The highest BCUT2D eigenvalue weighted by Crippen LogP contribution is 2.44. The molecular formula is C23H25N5OS. The highest BCUT2D eigenvalue weighted by atomic mass is 32.1. The largest absolute Gasteiger partial charge is 0.355 e. The van der Waals surface area contributed by atoms with Gasteiger partial charge in [0.15, 0.2) is 0 Å². The average Bonchev–Trinajstić information content (AvgIpc) is 3.48. The summed E-state index contributed by atoms with van der Waals surface area (Å²) < 4.78 is 0. The van der Waals surface area contributed by atoms with Crippen molar-refractivity contribution in [2.45, 2.75) is 32.4 Å². The van der Waals surface area contributed by atoms with Crippen LogP contribution in [0.3, 0.4) is 0 Å². The van der Waals surface area contributed by atoms with Crippen molar-refractivity contribution in [1.82, 2.24) is 19.9 Å². The fourth-order valence-corrected chi connectivity index (χ4v) is 6.02. The van der Waals surface area contributed by atoms with Crippen LogP contribution in [0.5, 0.6) is 0 Å². The lowest BCUT2D eigenvalue weighted by Gasteiger charge is -2.31. The summed E-state index contributed by atoms with van der Waals surface area (Å²) in [6.07, 6.45) is 12.3. The van der Waals surface area contributed by atoms with Crippen LogP contribution < -0.4 is 4.90 Å². The molecule has 3 unspecified atom stereocenters. The zero-order valence-corrected chi connectivity index (χ0v) is 18.3. The van der Waals surface area contributed by atoms with Crippen molar-refractivity contribution in [2.24, 2.45) is 11.8 Å². The first-order chi connectivity index (χ1) is 14.5. The van der Waals surface area contributed by atoms with Gasteiger partial charge in [-0.05, 0) is 54.9 Å². The number of allylic oxidation sites excluding steroid dienone is 1. The van der Waals surface area contributed by atoms with Crippen LogP contribution in [0.1, 0.15) is 33.6 Å². The second-order valence-electron chi connectivity index (χ2n) is 8.41. The molecule has 3 aromatic heterocycles. The number of carbonyl (C=O) groups is 1. The predicted molar refractivity (Wildman–Crippen MR) is 120 cm³/mol. The van der Waals surface area contributed by atoms with E-state index in [2.05, 4.69) is 39.1 Å². The van der Waals surface area contributed by atoms with E-state index >= 15 is 0 Å². The van der Waals surface area contributed by atoms with Crippen LogP contribution in [-0.4, -0.2) is 45.9 Å². The first-order valence-electron chi connectivity index (χ1n) is 10.3. The number of anilines is 1. The molecule has 2 aliphatic rings. The van der Waals surface area contributed by atoms with E-state index in [1.165, 1.54) is 24.2 Å². The standard InChI is InChI=1S/C23H25N5OS/c1-14-19-21(28(3)18-11-16-4-5-17(18)10-16)25-13-26-22(19)30-20(14)23(29)27(2)12-15-6-8-24-9-7-15/h4-9,13,16-18H,10-12H2,1-3H3. The molecule has 154 valence electrons. The summed E-state index contributed by atoms with van der Waals surface area (Å²) >= 11 is 1.47. The van der Waals surface area contributed by atoms with Gasteiger partial charge in [0.05, 0.1) is 10.3 Å². The molecule has 1 amide bonds. The molecule has 1 saturated carbocycles. The van der Waals surface area contributed by atoms with E-state index in [0.717, 1.165) is 32.0 Å². The van der Waals surface area contributed by atoms with Crippen molar-refractivity contribution in [3.8, 4) is 0 Å². The molecule has 0 aromatic carbocycles. The second-order valence-corrected chi connectivity index (χ2v) is 9.41. The van der Waals surface area contributed by atoms with E-state index in [-0.39, 0.29) is 5.91 Å². The minimum Gasteiger partial charge on any atom is -0.355 e. The minimum absolute atomic E-state index is 0.0174. The van der Waals surface area contributed by atoms with E-state index in [9.17, 15) is 4.79 Å². The van der Waals surface area contributed by atoms with Crippen LogP contribution in [0.25, 0.3) is 10.2 Å².